The van der Waals surface area contributed by atoms with Gasteiger partial charge >= 0.3 is 0 Å². The standard InChI is InChI=1S/C24H24N2O5/c1-30-16-11-9-15(10-12-16)19-14-20(27)22(28)21(19)26-23(29)18-8-5-13-25-24(18)31-17-6-3-2-4-7-17/h2-13,19-22,27-28H,14H2,1H3,(H,26,29). The van der Waals surface area contributed by atoms with Gasteiger partial charge in [-0.25, -0.2) is 4.98 Å². The van der Waals surface area contributed by atoms with Crippen molar-refractivity contribution in [2.75, 3.05) is 7.11 Å². The van der Waals surface area contributed by atoms with E-state index in [1.54, 1.807) is 37.6 Å². The summed E-state index contributed by atoms with van der Waals surface area (Å²) in [4.78, 5) is 17.3. The summed E-state index contributed by atoms with van der Waals surface area (Å²) in [6, 6.07) is 19.0. The molecule has 3 aromatic rings. The number of nitrogens with one attached hydrogen (secondary N) is 1. The summed E-state index contributed by atoms with van der Waals surface area (Å²) in [6.45, 7) is 0. The lowest BCUT2D eigenvalue weighted by atomic mass is 9.93. The number of hydrogen-bond donors (Lipinski definition) is 3. The highest BCUT2D eigenvalue weighted by Gasteiger charge is 2.43. The number of benzene rings is 2. The molecule has 31 heavy (non-hydrogen) atoms. The van der Waals surface area contributed by atoms with Gasteiger partial charge < -0.3 is 25.0 Å². The summed E-state index contributed by atoms with van der Waals surface area (Å²) in [5.41, 5.74) is 1.14. The number of ether oxygens (including phenoxy) is 2. The largest absolute Gasteiger partial charge is 0.497 e. The number of carbonyl (C=O) groups is 1. The molecule has 0 spiro atoms. The Morgan fingerprint density at radius 3 is 2.45 bits per heavy atom. The quantitative estimate of drug-likeness (QED) is 0.567. The van der Waals surface area contributed by atoms with E-state index in [1.165, 1.54) is 0 Å². The highest BCUT2D eigenvalue weighted by Crippen LogP contribution is 2.36. The second kappa shape index (κ2) is 9.16. The molecule has 0 saturated heterocycles. The number of aromatic nitrogens is 1. The van der Waals surface area contributed by atoms with E-state index in [-0.39, 0.29) is 17.4 Å². The number of aliphatic hydroxyl groups excluding tert-OH is 2. The second-order valence-corrected chi connectivity index (χ2v) is 7.44. The summed E-state index contributed by atoms with van der Waals surface area (Å²) in [7, 11) is 1.59. The molecule has 7 heteroatoms. The van der Waals surface area contributed by atoms with E-state index in [2.05, 4.69) is 10.3 Å². The molecule has 1 fully saturated rings. The molecule has 7 nitrogen and oxygen atoms in total. The Labute approximate surface area is 180 Å². The number of pyridine rings is 1. The third-order valence-corrected chi connectivity index (χ3v) is 5.51. The number of hydrogen-bond acceptors (Lipinski definition) is 6. The molecule has 1 amide bonds. The number of nitrogens with zero attached hydrogens (tertiary/aromatic N) is 1. The van der Waals surface area contributed by atoms with Crippen molar-refractivity contribution in [2.45, 2.75) is 30.6 Å². The third-order valence-electron chi connectivity index (χ3n) is 5.51. The Balaban J connectivity index is 1.56. The minimum atomic E-state index is -1.09. The summed E-state index contributed by atoms with van der Waals surface area (Å²) < 4.78 is 11.0. The molecule has 160 valence electrons. The Hall–Kier alpha value is -3.42. The Bertz CT molecular complexity index is 1030. The van der Waals surface area contributed by atoms with Crippen molar-refractivity contribution in [3.05, 3.63) is 84.1 Å². The zero-order valence-corrected chi connectivity index (χ0v) is 17.0. The topological polar surface area (TPSA) is 101 Å². The van der Waals surface area contributed by atoms with Crippen LogP contribution in [0.15, 0.2) is 72.9 Å². The molecule has 0 bridgehead atoms. The van der Waals surface area contributed by atoms with Crippen molar-refractivity contribution in [3.8, 4) is 17.4 Å². The number of methoxy groups -OCH3 is 1. The van der Waals surface area contributed by atoms with Gasteiger partial charge in [0.2, 0.25) is 5.88 Å². The maximum absolute atomic E-state index is 13.1. The zero-order valence-electron chi connectivity index (χ0n) is 17.0. The molecule has 1 saturated carbocycles. The van der Waals surface area contributed by atoms with Gasteiger partial charge in [0.05, 0.1) is 19.3 Å². The molecule has 1 aliphatic carbocycles. The first kappa shape index (κ1) is 20.8. The van der Waals surface area contributed by atoms with E-state index in [1.807, 2.05) is 42.5 Å². The first-order chi connectivity index (χ1) is 15.1. The van der Waals surface area contributed by atoms with E-state index >= 15 is 0 Å². The fraction of sp³-hybridized carbons (Fsp3) is 0.250. The van der Waals surface area contributed by atoms with Crippen LogP contribution in [0.3, 0.4) is 0 Å². The summed E-state index contributed by atoms with van der Waals surface area (Å²) in [5, 5.41) is 23.7. The number of para-hydroxylation sites is 1. The van der Waals surface area contributed by atoms with Gasteiger partial charge in [-0.3, -0.25) is 4.79 Å². The van der Waals surface area contributed by atoms with E-state index < -0.39 is 24.2 Å². The van der Waals surface area contributed by atoms with Crippen LogP contribution < -0.4 is 14.8 Å². The number of aliphatic hydroxyl groups is 2. The van der Waals surface area contributed by atoms with Crippen molar-refractivity contribution in [1.82, 2.24) is 10.3 Å². The minimum Gasteiger partial charge on any atom is -0.497 e. The lowest BCUT2D eigenvalue weighted by Crippen LogP contribution is -2.45. The SMILES string of the molecule is COc1ccc(C2CC(O)C(O)C2NC(=O)c2cccnc2Oc2ccccc2)cc1. The summed E-state index contributed by atoms with van der Waals surface area (Å²) in [5.74, 6) is 0.745. The zero-order chi connectivity index (χ0) is 21.8. The number of carbonyl (C=O) groups excluding carboxylic acids is 1. The second-order valence-electron chi connectivity index (χ2n) is 7.44. The van der Waals surface area contributed by atoms with Crippen LogP contribution in [0.25, 0.3) is 0 Å². The molecule has 4 unspecified atom stereocenters. The lowest BCUT2D eigenvalue weighted by molar-refractivity contribution is 0.0294. The van der Waals surface area contributed by atoms with Crippen molar-refractivity contribution >= 4 is 5.91 Å². The lowest BCUT2D eigenvalue weighted by Gasteiger charge is -2.24. The van der Waals surface area contributed by atoms with Crippen LogP contribution in [-0.2, 0) is 0 Å². The molecule has 4 rings (SSSR count). The Morgan fingerprint density at radius 1 is 1.00 bits per heavy atom. The highest BCUT2D eigenvalue weighted by atomic mass is 16.5. The van der Waals surface area contributed by atoms with Gasteiger partial charge in [0.25, 0.3) is 5.91 Å². The smallest absolute Gasteiger partial charge is 0.257 e. The van der Waals surface area contributed by atoms with Gasteiger partial charge in [-0.2, -0.15) is 0 Å². The van der Waals surface area contributed by atoms with E-state index in [0.29, 0.717) is 17.9 Å². The molecular weight excluding hydrogens is 396 g/mol. The van der Waals surface area contributed by atoms with Crippen LogP contribution in [-0.4, -0.2) is 46.5 Å². The van der Waals surface area contributed by atoms with Crippen molar-refractivity contribution in [1.29, 1.82) is 0 Å². The fourth-order valence-corrected chi connectivity index (χ4v) is 3.88. The minimum absolute atomic E-state index is 0.167. The van der Waals surface area contributed by atoms with E-state index in [4.69, 9.17) is 9.47 Å². The maximum atomic E-state index is 13.1. The summed E-state index contributed by atoms with van der Waals surface area (Å²) >= 11 is 0. The van der Waals surface area contributed by atoms with Gasteiger partial charge in [0, 0.05) is 12.1 Å². The van der Waals surface area contributed by atoms with Crippen molar-refractivity contribution in [3.63, 3.8) is 0 Å². The van der Waals surface area contributed by atoms with Crippen LogP contribution in [0.4, 0.5) is 0 Å². The van der Waals surface area contributed by atoms with Crippen LogP contribution in [0.1, 0.15) is 28.3 Å². The van der Waals surface area contributed by atoms with Gasteiger partial charge in [-0.15, -0.1) is 0 Å². The monoisotopic (exact) mass is 420 g/mol. The molecule has 0 aliphatic heterocycles. The van der Waals surface area contributed by atoms with Gasteiger partial charge in [0.15, 0.2) is 0 Å². The highest BCUT2D eigenvalue weighted by molar-refractivity contribution is 5.96. The maximum Gasteiger partial charge on any atom is 0.257 e. The summed E-state index contributed by atoms with van der Waals surface area (Å²) in [6.07, 6.45) is -0.153. The molecule has 0 radical (unpaired) electrons. The van der Waals surface area contributed by atoms with Crippen molar-refractivity contribution < 1.29 is 24.5 Å². The predicted octanol–water partition coefficient (Wildman–Crippen LogP) is 2.89. The predicted molar refractivity (Wildman–Crippen MR) is 114 cm³/mol. The fourth-order valence-electron chi connectivity index (χ4n) is 3.88. The van der Waals surface area contributed by atoms with Gasteiger partial charge in [-0.05, 0) is 48.4 Å². The first-order valence-electron chi connectivity index (χ1n) is 10.1. The van der Waals surface area contributed by atoms with Gasteiger partial charge in [0.1, 0.15) is 23.2 Å². The average Bonchev–Trinajstić information content (AvgIpc) is 3.08. The van der Waals surface area contributed by atoms with Crippen molar-refractivity contribution in [2.24, 2.45) is 0 Å². The van der Waals surface area contributed by atoms with Crippen LogP contribution >= 0.6 is 0 Å². The Morgan fingerprint density at radius 2 is 1.74 bits per heavy atom. The Kier molecular flexibility index (Phi) is 6.16. The average molecular weight is 420 g/mol. The van der Waals surface area contributed by atoms with E-state index in [0.717, 1.165) is 5.56 Å². The molecule has 1 heterocycles. The van der Waals surface area contributed by atoms with Crippen LogP contribution in [0, 0.1) is 0 Å². The molecule has 4 atom stereocenters. The molecular formula is C24H24N2O5. The molecule has 2 aromatic carbocycles. The van der Waals surface area contributed by atoms with Crippen LogP contribution in [0.5, 0.6) is 17.4 Å². The first-order valence-corrected chi connectivity index (χ1v) is 10.1. The molecule has 1 aromatic heterocycles. The van der Waals surface area contributed by atoms with Crippen LogP contribution in [0.2, 0.25) is 0 Å². The molecule has 3 N–H and O–H groups in total. The normalized spacial score (nSPS) is 22.7. The molecule has 1 aliphatic rings. The number of rotatable bonds is 6. The van der Waals surface area contributed by atoms with E-state index in [9.17, 15) is 15.0 Å². The van der Waals surface area contributed by atoms with Gasteiger partial charge in [-0.1, -0.05) is 30.3 Å². The number of amides is 1. The third kappa shape index (κ3) is 4.52.